The van der Waals surface area contributed by atoms with Crippen molar-refractivity contribution in [2.24, 2.45) is 11.8 Å². The van der Waals surface area contributed by atoms with Gasteiger partial charge in [-0.2, -0.15) is 0 Å². The Morgan fingerprint density at radius 1 is 1.06 bits per heavy atom. The van der Waals surface area contributed by atoms with Gasteiger partial charge in [0.15, 0.2) is 0 Å². The molecule has 190 valence electrons. The van der Waals surface area contributed by atoms with E-state index in [0.29, 0.717) is 54.2 Å². The molecule has 1 unspecified atom stereocenters. The van der Waals surface area contributed by atoms with Crippen LogP contribution in [0.3, 0.4) is 0 Å². The average Bonchev–Trinajstić information content (AvgIpc) is 3.47. The van der Waals surface area contributed by atoms with Crippen LogP contribution in [0, 0.1) is 18.8 Å². The molecule has 2 aliphatic rings. The van der Waals surface area contributed by atoms with Gasteiger partial charge in [0, 0.05) is 24.5 Å². The van der Waals surface area contributed by atoms with Crippen LogP contribution in [0.1, 0.15) is 55.3 Å². The summed E-state index contributed by atoms with van der Waals surface area (Å²) in [7, 11) is 0. The van der Waals surface area contributed by atoms with Gasteiger partial charge >= 0.3 is 6.09 Å². The highest BCUT2D eigenvalue weighted by molar-refractivity contribution is 6.07. The number of fused-ring (bicyclic) bond motifs is 2. The summed E-state index contributed by atoms with van der Waals surface area (Å²) < 4.78 is 17.4. The van der Waals surface area contributed by atoms with Gasteiger partial charge in [-0.05, 0) is 76.1 Å². The van der Waals surface area contributed by atoms with Gasteiger partial charge in [0.25, 0.3) is 5.91 Å². The predicted octanol–water partition coefficient (Wildman–Crippen LogP) is 5.70. The van der Waals surface area contributed by atoms with E-state index in [-0.39, 0.29) is 18.0 Å². The summed E-state index contributed by atoms with van der Waals surface area (Å²) >= 11 is 0. The van der Waals surface area contributed by atoms with Crippen LogP contribution in [-0.4, -0.2) is 41.6 Å². The molecule has 36 heavy (non-hydrogen) atoms. The van der Waals surface area contributed by atoms with Crippen LogP contribution in [0.25, 0.3) is 11.0 Å². The number of rotatable bonds is 5. The zero-order valence-corrected chi connectivity index (χ0v) is 21.4. The lowest BCUT2D eigenvalue weighted by molar-refractivity contribution is 0.0278. The SMILES string of the molecule is Cc1oc2ccc(OCc3ccccc3)cc2c1C(=O)NC1C[C@@H]2CN(C(=O)OC(C)(C)C)C[C@@H]2C1. The van der Waals surface area contributed by atoms with Gasteiger partial charge in [-0.1, -0.05) is 30.3 Å². The smallest absolute Gasteiger partial charge is 0.410 e. The summed E-state index contributed by atoms with van der Waals surface area (Å²) in [6.07, 6.45) is 1.47. The molecule has 1 saturated carbocycles. The number of furan rings is 1. The maximum Gasteiger partial charge on any atom is 0.410 e. The van der Waals surface area contributed by atoms with Gasteiger partial charge < -0.3 is 24.1 Å². The minimum atomic E-state index is -0.497. The van der Waals surface area contributed by atoms with E-state index in [0.717, 1.165) is 23.8 Å². The Morgan fingerprint density at radius 3 is 2.42 bits per heavy atom. The minimum absolute atomic E-state index is 0.0788. The molecule has 1 N–H and O–H groups in total. The molecule has 1 saturated heterocycles. The van der Waals surface area contributed by atoms with E-state index >= 15 is 0 Å². The van der Waals surface area contributed by atoms with Crippen LogP contribution < -0.4 is 10.1 Å². The summed E-state index contributed by atoms with van der Waals surface area (Å²) in [4.78, 5) is 27.6. The molecule has 2 heterocycles. The Kier molecular flexibility index (Phi) is 6.41. The highest BCUT2D eigenvalue weighted by Crippen LogP contribution is 2.39. The fourth-order valence-electron chi connectivity index (χ4n) is 5.46. The van der Waals surface area contributed by atoms with E-state index < -0.39 is 5.60 Å². The average molecular weight is 491 g/mol. The Hall–Kier alpha value is -3.48. The molecule has 3 aromatic rings. The summed E-state index contributed by atoms with van der Waals surface area (Å²) in [5.74, 6) is 1.92. The molecule has 0 bridgehead atoms. The molecule has 7 nitrogen and oxygen atoms in total. The fourth-order valence-corrected chi connectivity index (χ4v) is 5.46. The number of carbonyl (C=O) groups is 2. The Balaban J connectivity index is 1.22. The lowest BCUT2D eigenvalue weighted by atomic mass is 10.0. The van der Waals surface area contributed by atoms with Crippen molar-refractivity contribution in [3.8, 4) is 5.75 Å². The highest BCUT2D eigenvalue weighted by Gasteiger charge is 2.44. The minimum Gasteiger partial charge on any atom is -0.489 e. The molecular formula is C29H34N2O5. The molecule has 2 fully saturated rings. The second-order valence-corrected chi connectivity index (χ2v) is 11.0. The number of hydrogen-bond donors (Lipinski definition) is 1. The van der Waals surface area contributed by atoms with E-state index in [9.17, 15) is 9.59 Å². The molecule has 5 rings (SSSR count). The quantitative estimate of drug-likeness (QED) is 0.497. The van der Waals surface area contributed by atoms with Gasteiger partial charge in [-0.3, -0.25) is 4.79 Å². The zero-order valence-electron chi connectivity index (χ0n) is 21.4. The number of nitrogens with one attached hydrogen (secondary N) is 1. The maximum absolute atomic E-state index is 13.3. The van der Waals surface area contributed by atoms with Crippen molar-refractivity contribution in [3.05, 3.63) is 65.4 Å². The van der Waals surface area contributed by atoms with Crippen LogP contribution in [0.5, 0.6) is 5.75 Å². The largest absolute Gasteiger partial charge is 0.489 e. The van der Waals surface area contributed by atoms with Crippen molar-refractivity contribution in [1.82, 2.24) is 10.2 Å². The molecule has 0 spiro atoms. The third-order valence-electron chi connectivity index (χ3n) is 7.05. The van der Waals surface area contributed by atoms with Crippen LogP contribution in [0.2, 0.25) is 0 Å². The van der Waals surface area contributed by atoms with Crippen molar-refractivity contribution in [3.63, 3.8) is 0 Å². The molecule has 1 aliphatic carbocycles. The van der Waals surface area contributed by atoms with Crippen molar-refractivity contribution >= 4 is 23.0 Å². The topological polar surface area (TPSA) is 81.0 Å². The standard InChI is InChI=1S/C29H34N2O5/c1-18-26(24-14-23(10-11-25(24)35-18)34-17-19-8-6-5-7-9-19)27(32)30-22-12-20-15-31(16-21(20)13-22)28(33)36-29(2,3)4/h5-11,14,20-22H,12-13,15-17H2,1-4H3,(H,30,32)/t20-,21+,22?. The summed E-state index contributed by atoms with van der Waals surface area (Å²) in [6.45, 7) is 9.29. The van der Waals surface area contributed by atoms with Crippen LogP contribution in [0.4, 0.5) is 4.79 Å². The molecule has 3 atom stereocenters. The summed E-state index contributed by atoms with van der Waals surface area (Å²) in [6, 6.07) is 15.7. The Morgan fingerprint density at radius 2 is 1.75 bits per heavy atom. The molecule has 0 radical (unpaired) electrons. The molecule has 2 aromatic carbocycles. The van der Waals surface area contributed by atoms with Crippen LogP contribution in [-0.2, 0) is 11.3 Å². The van der Waals surface area contributed by atoms with Crippen LogP contribution >= 0.6 is 0 Å². The number of amides is 2. The summed E-state index contributed by atoms with van der Waals surface area (Å²) in [5.41, 5.74) is 1.81. The van der Waals surface area contributed by atoms with Gasteiger partial charge in [-0.25, -0.2) is 4.79 Å². The van der Waals surface area contributed by atoms with E-state index in [1.165, 1.54) is 0 Å². The number of carbonyl (C=O) groups excluding carboxylic acids is 2. The normalized spacial score (nSPS) is 21.4. The Labute approximate surface area is 211 Å². The first-order chi connectivity index (χ1) is 17.2. The first-order valence-electron chi connectivity index (χ1n) is 12.6. The first kappa shape index (κ1) is 24.2. The second-order valence-electron chi connectivity index (χ2n) is 11.0. The highest BCUT2D eigenvalue weighted by atomic mass is 16.6. The van der Waals surface area contributed by atoms with Crippen molar-refractivity contribution in [2.75, 3.05) is 13.1 Å². The summed E-state index contributed by atoms with van der Waals surface area (Å²) in [5, 5.41) is 3.98. The van der Waals surface area contributed by atoms with E-state index in [1.807, 2.05) is 81.1 Å². The van der Waals surface area contributed by atoms with Gasteiger partial charge in [0.2, 0.25) is 0 Å². The van der Waals surface area contributed by atoms with E-state index in [1.54, 1.807) is 0 Å². The van der Waals surface area contributed by atoms with Crippen molar-refractivity contribution in [2.45, 2.75) is 58.8 Å². The molecule has 7 heteroatoms. The fraction of sp³-hybridized carbons (Fsp3) is 0.448. The maximum atomic E-state index is 13.3. The number of hydrogen-bond acceptors (Lipinski definition) is 5. The van der Waals surface area contributed by atoms with Crippen molar-refractivity contribution in [1.29, 1.82) is 0 Å². The Bertz CT molecular complexity index is 1250. The van der Waals surface area contributed by atoms with E-state index in [4.69, 9.17) is 13.9 Å². The molecule has 1 aliphatic heterocycles. The second kappa shape index (κ2) is 9.52. The number of ether oxygens (including phenoxy) is 2. The lowest BCUT2D eigenvalue weighted by Gasteiger charge is -2.25. The van der Waals surface area contributed by atoms with E-state index in [2.05, 4.69) is 5.32 Å². The third-order valence-corrected chi connectivity index (χ3v) is 7.05. The molecular weight excluding hydrogens is 456 g/mol. The first-order valence-corrected chi connectivity index (χ1v) is 12.6. The number of aryl methyl sites for hydroxylation is 1. The number of likely N-dealkylation sites (tertiary alicyclic amines) is 1. The predicted molar refractivity (Wildman–Crippen MR) is 137 cm³/mol. The monoisotopic (exact) mass is 490 g/mol. The third kappa shape index (κ3) is 5.20. The van der Waals surface area contributed by atoms with Gasteiger partial charge in [-0.15, -0.1) is 0 Å². The van der Waals surface area contributed by atoms with Gasteiger partial charge in [0.1, 0.15) is 29.3 Å². The molecule has 2 amide bonds. The zero-order chi connectivity index (χ0) is 25.4. The number of nitrogens with zero attached hydrogens (tertiary/aromatic N) is 1. The van der Waals surface area contributed by atoms with Gasteiger partial charge in [0.05, 0.1) is 5.56 Å². The lowest BCUT2D eigenvalue weighted by Crippen LogP contribution is -2.38. The van der Waals surface area contributed by atoms with Crippen LogP contribution in [0.15, 0.2) is 52.9 Å². The molecule has 1 aromatic heterocycles. The number of benzene rings is 2. The van der Waals surface area contributed by atoms with Crippen molar-refractivity contribution < 1.29 is 23.5 Å².